The van der Waals surface area contributed by atoms with Crippen molar-refractivity contribution in [1.82, 2.24) is 5.32 Å². The molecule has 0 aliphatic heterocycles. The van der Waals surface area contributed by atoms with Gasteiger partial charge in [-0.2, -0.15) is 11.3 Å². The summed E-state index contributed by atoms with van der Waals surface area (Å²) in [6, 6.07) is 7.53. The monoisotopic (exact) mass is 289 g/mol. The molecule has 0 bridgehead atoms. The van der Waals surface area contributed by atoms with Crippen LogP contribution in [0, 0.1) is 0 Å². The van der Waals surface area contributed by atoms with Crippen molar-refractivity contribution in [1.29, 1.82) is 0 Å². The molecule has 0 aliphatic rings. The van der Waals surface area contributed by atoms with E-state index in [1.165, 1.54) is 5.56 Å². The molecule has 0 fully saturated rings. The van der Waals surface area contributed by atoms with Crippen LogP contribution in [0.15, 0.2) is 35.0 Å². The van der Waals surface area contributed by atoms with Crippen LogP contribution < -0.4 is 16.0 Å². The van der Waals surface area contributed by atoms with Gasteiger partial charge in [-0.05, 0) is 47.5 Å². The molecular weight excluding hydrogens is 270 g/mol. The van der Waals surface area contributed by atoms with Gasteiger partial charge in [-0.3, -0.25) is 4.79 Å². The van der Waals surface area contributed by atoms with Gasteiger partial charge in [-0.25, -0.2) is 0 Å². The molecule has 0 spiro atoms. The standard InChI is InChI=1S/C15H19N3OS/c1-3-17-15(19)12-4-5-14(13(16)8-12)18(2)9-11-6-7-20-10-11/h4-8,10H,3,9,16H2,1-2H3,(H,17,19). The Morgan fingerprint density at radius 2 is 2.20 bits per heavy atom. The molecule has 0 atom stereocenters. The predicted octanol–water partition coefficient (Wildman–Crippen LogP) is 2.72. The summed E-state index contributed by atoms with van der Waals surface area (Å²) in [5, 5.41) is 6.95. The smallest absolute Gasteiger partial charge is 0.251 e. The van der Waals surface area contributed by atoms with E-state index >= 15 is 0 Å². The Labute approximate surface area is 123 Å². The number of thiophene rings is 1. The summed E-state index contributed by atoms with van der Waals surface area (Å²) >= 11 is 1.68. The van der Waals surface area contributed by atoms with Crippen molar-refractivity contribution in [3.63, 3.8) is 0 Å². The molecule has 1 aromatic heterocycles. The Morgan fingerprint density at radius 1 is 1.40 bits per heavy atom. The van der Waals surface area contributed by atoms with E-state index in [2.05, 4.69) is 27.0 Å². The van der Waals surface area contributed by atoms with Gasteiger partial charge in [0.2, 0.25) is 0 Å². The number of carbonyl (C=O) groups excluding carboxylic acids is 1. The van der Waals surface area contributed by atoms with Crippen LogP contribution in [0.25, 0.3) is 0 Å². The average Bonchev–Trinajstić information content (AvgIpc) is 2.91. The molecule has 0 saturated carbocycles. The molecule has 0 unspecified atom stereocenters. The molecule has 1 aromatic carbocycles. The van der Waals surface area contributed by atoms with E-state index in [1.54, 1.807) is 23.5 Å². The van der Waals surface area contributed by atoms with Crippen LogP contribution in [-0.2, 0) is 6.54 Å². The highest BCUT2D eigenvalue weighted by Crippen LogP contribution is 2.25. The van der Waals surface area contributed by atoms with Crippen molar-refractivity contribution >= 4 is 28.6 Å². The molecule has 0 radical (unpaired) electrons. The fourth-order valence-corrected chi connectivity index (χ4v) is 2.71. The number of benzene rings is 1. The molecule has 1 heterocycles. The van der Waals surface area contributed by atoms with E-state index in [1.807, 2.05) is 20.0 Å². The van der Waals surface area contributed by atoms with Gasteiger partial charge in [-0.15, -0.1) is 0 Å². The number of carbonyl (C=O) groups is 1. The summed E-state index contributed by atoms with van der Waals surface area (Å²) in [5.41, 5.74) is 9.47. The van der Waals surface area contributed by atoms with E-state index < -0.39 is 0 Å². The second-order valence-electron chi connectivity index (χ2n) is 4.62. The zero-order valence-electron chi connectivity index (χ0n) is 11.7. The molecule has 20 heavy (non-hydrogen) atoms. The number of nitrogen functional groups attached to an aromatic ring is 1. The minimum absolute atomic E-state index is 0.0914. The Bertz CT molecular complexity index is 581. The maximum absolute atomic E-state index is 11.8. The average molecular weight is 289 g/mol. The summed E-state index contributed by atoms with van der Waals surface area (Å²) in [5.74, 6) is -0.0914. The van der Waals surface area contributed by atoms with E-state index in [0.29, 0.717) is 17.8 Å². The van der Waals surface area contributed by atoms with Crippen molar-refractivity contribution in [2.45, 2.75) is 13.5 Å². The molecule has 4 nitrogen and oxygen atoms in total. The minimum atomic E-state index is -0.0914. The Morgan fingerprint density at radius 3 is 2.80 bits per heavy atom. The van der Waals surface area contributed by atoms with E-state index in [4.69, 9.17) is 5.73 Å². The summed E-state index contributed by atoms with van der Waals surface area (Å²) in [4.78, 5) is 13.8. The second-order valence-corrected chi connectivity index (χ2v) is 5.40. The van der Waals surface area contributed by atoms with Crippen molar-refractivity contribution in [2.24, 2.45) is 0 Å². The quantitative estimate of drug-likeness (QED) is 0.832. The van der Waals surface area contributed by atoms with Gasteiger partial charge in [0, 0.05) is 25.7 Å². The van der Waals surface area contributed by atoms with Crippen molar-refractivity contribution in [3.8, 4) is 0 Å². The number of rotatable bonds is 5. The number of hydrogen-bond donors (Lipinski definition) is 2. The van der Waals surface area contributed by atoms with Gasteiger partial charge in [-0.1, -0.05) is 0 Å². The number of nitrogens with zero attached hydrogens (tertiary/aromatic N) is 1. The molecule has 106 valence electrons. The molecule has 0 saturated heterocycles. The number of hydrogen-bond acceptors (Lipinski definition) is 4. The van der Waals surface area contributed by atoms with Crippen LogP contribution in [0.2, 0.25) is 0 Å². The zero-order chi connectivity index (χ0) is 14.5. The highest BCUT2D eigenvalue weighted by Gasteiger charge is 2.10. The van der Waals surface area contributed by atoms with Crippen LogP contribution in [0.3, 0.4) is 0 Å². The predicted molar refractivity (Wildman–Crippen MR) is 85.3 cm³/mol. The maximum Gasteiger partial charge on any atom is 0.251 e. The van der Waals surface area contributed by atoms with Crippen molar-refractivity contribution < 1.29 is 4.79 Å². The number of anilines is 2. The lowest BCUT2D eigenvalue weighted by atomic mass is 10.1. The molecule has 2 aromatic rings. The van der Waals surface area contributed by atoms with Gasteiger partial charge in [0.05, 0.1) is 11.4 Å². The normalized spacial score (nSPS) is 10.3. The summed E-state index contributed by atoms with van der Waals surface area (Å²) in [7, 11) is 2.00. The Hall–Kier alpha value is -2.01. The van der Waals surface area contributed by atoms with Gasteiger partial charge < -0.3 is 16.0 Å². The van der Waals surface area contributed by atoms with Gasteiger partial charge in [0.25, 0.3) is 5.91 Å². The fourth-order valence-electron chi connectivity index (χ4n) is 2.05. The summed E-state index contributed by atoms with van der Waals surface area (Å²) in [6.45, 7) is 3.30. The third-order valence-corrected chi connectivity index (χ3v) is 3.77. The number of amides is 1. The van der Waals surface area contributed by atoms with Crippen LogP contribution in [0.4, 0.5) is 11.4 Å². The first-order chi connectivity index (χ1) is 9.61. The molecule has 5 heteroatoms. The molecule has 1 amide bonds. The molecule has 3 N–H and O–H groups in total. The zero-order valence-corrected chi connectivity index (χ0v) is 12.5. The second kappa shape index (κ2) is 6.43. The lowest BCUT2D eigenvalue weighted by molar-refractivity contribution is 0.0956. The third kappa shape index (κ3) is 3.30. The molecule has 2 rings (SSSR count). The lowest BCUT2D eigenvalue weighted by Crippen LogP contribution is -2.23. The Balaban J connectivity index is 2.14. The van der Waals surface area contributed by atoms with Crippen LogP contribution >= 0.6 is 11.3 Å². The highest BCUT2D eigenvalue weighted by molar-refractivity contribution is 7.07. The first-order valence-electron chi connectivity index (χ1n) is 6.51. The summed E-state index contributed by atoms with van der Waals surface area (Å²) < 4.78 is 0. The number of nitrogens with one attached hydrogen (secondary N) is 1. The number of nitrogens with two attached hydrogens (primary N) is 1. The van der Waals surface area contributed by atoms with Gasteiger partial charge in [0.1, 0.15) is 0 Å². The third-order valence-electron chi connectivity index (χ3n) is 3.04. The SMILES string of the molecule is CCNC(=O)c1ccc(N(C)Cc2ccsc2)c(N)c1. The first-order valence-corrected chi connectivity index (χ1v) is 7.46. The highest BCUT2D eigenvalue weighted by atomic mass is 32.1. The van der Waals surface area contributed by atoms with Crippen LogP contribution in [-0.4, -0.2) is 19.5 Å². The topological polar surface area (TPSA) is 58.4 Å². The van der Waals surface area contributed by atoms with E-state index in [-0.39, 0.29) is 5.91 Å². The lowest BCUT2D eigenvalue weighted by Gasteiger charge is -2.21. The fraction of sp³-hybridized carbons (Fsp3) is 0.267. The van der Waals surface area contributed by atoms with Crippen molar-refractivity contribution in [3.05, 3.63) is 46.2 Å². The minimum Gasteiger partial charge on any atom is -0.397 e. The molecular formula is C15H19N3OS. The largest absolute Gasteiger partial charge is 0.397 e. The van der Waals surface area contributed by atoms with Gasteiger partial charge in [0.15, 0.2) is 0 Å². The maximum atomic E-state index is 11.8. The summed E-state index contributed by atoms with van der Waals surface area (Å²) in [6.07, 6.45) is 0. The van der Waals surface area contributed by atoms with Crippen LogP contribution in [0.5, 0.6) is 0 Å². The first kappa shape index (κ1) is 14.4. The Kier molecular flexibility index (Phi) is 4.63. The van der Waals surface area contributed by atoms with E-state index in [9.17, 15) is 4.79 Å². The van der Waals surface area contributed by atoms with Crippen molar-refractivity contribution in [2.75, 3.05) is 24.2 Å². The van der Waals surface area contributed by atoms with Crippen LogP contribution in [0.1, 0.15) is 22.8 Å². The van der Waals surface area contributed by atoms with Gasteiger partial charge >= 0.3 is 0 Å². The van der Waals surface area contributed by atoms with E-state index in [0.717, 1.165) is 12.2 Å². The molecule has 0 aliphatic carbocycles.